The normalized spacial score (nSPS) is 15.1. The van der Waals surface area contributed by atoms with Crippen LogP contribution in [0.3, 0.4) is 0 Å². The monoisotopic (exact) mass is 529 g/mol. The maximum absolute atomic E-state index is 13.6. The molecule has 1 aliphatic heterocycles. The van der Waals surface area contributed by atoms with Gasteiger partial charge in [-0.05, 0) is 54.4 Å². The van der Waals surface area contributed by atoms with Crippen LogP contribution in [0, 0.1) is 5.82 Å². The Balaban J connectivity index is 1.55. The van der Waals surface area contributed by atoms with Crippen LogP contribution in [0.25, 0.3) is 0 Å². The van der Waals surface area contributed by atoms with E-state index in [1.807, 2.05) is 33.2 Å². The number of aryl methyl sites for hydroxylation is 1. The van der Waals surface area contributed by atoms with Gasteiger partial charge in [0.1, 0.15) is 11.5 Å². The van der Waals surface area contributed by atoms with Gasteiger partial charge in [0, 0.05) is 36.5 Å². The van der Waals surface area contributed by atoms with Crippen molar-refractivity contribution in [2.75, 3.05) is 11.9 Å². The number of benzene rings is 2. The maximum atomic E-state index is 13.6. The second-order valence-corrected chi connectivity index (χ2v) is 10.8. The Bertz CT molecular complexity index is 1530. The average molecular weight is 530 g/mol. The van der Waals surface area contributed by atoms with Crippen molar-refractivity contribution < 1.29 is 19.1 Å². The number of rotatable bonds is 6. The minimum atomic E-state index is -0.678. The molecule has 202 valence electrons. The molecule has 8 nitrogen and oxygen atoms in total. The molecule has 0 fully saturated rings. The Kier molecular flexibility index (Phi) is 6.86. The highest BCUT2D eigenvalue weighted by atomic mass is 19.1. The standard InChI is InChI=1S/C30H32FN5O3/c1-19(37)21-7-5-8-23(15-21)32-28(38)26-24-17-35(29(39)25-9-6-14-34(25)4)18-30(2,3)27(24)36(33-26)16-20-10-12-22(31)13-11-20/h5-15,19,37H,16-18H2,1-4H3,(H,32,38). The first-order valence-electron chi connectivity index (χ1n) is 12.9. The third-order valence-corrected chi connectivity index (χ3v) is 7.16. The summed E-state index contributed by atoms with van der Waals surface area (Å²) < 4.78 is 17.1. The predicted molar refractivity (Wildman–Crippen MR) is 146 cm³/mol. The van der Waals surface area contributed by atoms with Crippen LogP contribution >= 0.6 is 0 Å². The molecule has 1 unspecified atom stereocenters. The van der Waals surface area contributed by atoms with Crippen molar-refractivity contribution in [3.63, 3.8) is 0 Å². The van der Waals surface area contributed by atoms with E-state index in [1.54, 1.807) is 63.5 Å². The molecule has 4 aromatic rings. The summed E-state index contributed by atoms with van der Waals surface area (Å²) >= 11 is 0. The molecule has 1 aliphatic rings. The van der Waals surface area contributed by atoms with Gasteiger partial charge in [-0.3, -0.25) is 14.3 Å². The number of carbonyl (C=O) groups is 2. The quantitative estimate of drug-likeness (QED) is 0.380. The van der Waals surface area contributed by atoms with E-state index in [4.69, 9.17) is 5.10 Å². The summed E-state index contributed by atoms with van der Waals surface area (Å²) in [6.07, 6.45) is 1.15. The third-order valence-electron chi connectivity index (χ3n) is 7.16. The molecule has 3 heterocycles. The number of amides is 2. The van der Waals surface area contributed by atoms with E-state index in [0.717, 1.165) is 11.3 Å². The van der Waals surface area contributed by atoms with Crippen molar-refractivity contribution in [1.29, 1.82) is 0 Å². The van der Waals surface area contributed by atoms with Gasteiger partial charge >= 0.3 is 0 Å². The van der Waals surface area contributed by atoms with Crippen LogP contribution in [-0.2, 0) is 25.6 Å². The summed E-state index contributed by atoms with van der Waals surface area (Å²) in [4.78, 5) is 28.9. The van der Waals surface area contributed by atoms with Crippen molar-refractivity contribution in [3.8, 4) is 0 Å². The lowest BCUT2D eigenvalue weighted by atomic mass is 9.82. The minimum absolute atomic E-state index is 0.122. The molecule has 0 spiro atoms. The largest absolute Gasteiger partial charge is 0.389 e. The number of nitrogens with zero attached hydrogens (tertiary/aromatic N) is 4. The van der Waals surface area contributed by atoms with E-state index in [-0.39, 0.29) is 24.0 Å². The average Bonchev–Trinajstić information content (AvgIpc) is 3.48. The van der Waals surface area contributed by atoms with E-state index in [2.05, 4.69) is 5.32 Å². The molecule has 39 heavy (non-hydrogen) atoms. The van der Waals surface area contributed by atoms with Crippen molar-refractivity contribution >= 4 is 17.5 Å². The van der Waals surface area contributed by atoms with Crippen LogP contribution in [0.4, 0.5) is 10.1 Å². The number of hydrogen-bond donors (Lipinski definition) is 2. The van der Waals surface area contributed by atoms with Crippen LogP contribution in [-0.4, -0.2) is 42.7 Å². The smallest absolute Gasteiger partial charge is 0.276 e. The fourth-order valence-electron chi connectivity index (χ4n) is 5.32. The molecule has 0 radical (unpaired) electrons. The van der Waals surface area contributed by atoms with Gasteiger partial charge in [-0.25, -0.2) is 4.39 Å². The van der Waals surface area contributed by atoms with Gasteiger partial charge in [0.25, 0.3) is 11.8 Å². The maximum Gasteiger partial charge on any atom is 0.276 e. The number of carbonyl (C=O) groups excluding carboxylic acids is 2. The number of aliphatic hydroxyl groups is 1. The van der Waals surface area contributed by atoms with Gasteiger partial charge in [-0.1, -0.05) is 38.1 Å². The van der Waals surface area contributed by atoms with Gasteiger partial charge in [0.2, 0.25) is 0 Å². The molecule has 9 heteroatoms. The molecule has 0 bridgehead atoms. The molecule has 0 aliphatic carbocycles. The van der Waals surface area contributed by atoms with Crippen LogP contribution in [0.1, 0.15) is 70.2 Å². The molecular formula is C30H32FN5O3. The first kappa shape index (κ1) is 26.4. The number of fused-ring (bicyclic) bond motifs is 1. The van der Waals surface area contributed by atoms with Crippen molar-refractivity contribution in [2.24, 2.45) is 7.05 Å². The summed E-state index contributed by atoms with van der Waals surface area (Å²) in [6, 6.07) is 16.8. The first-order valence-corrected chi connectivity index (χ1v) is 12.9. The summed E-state index contributed by atoms with van der Waals surface area (Å²) in [5.41, 5.74) is 3.87. The SMILES string of the molecule is CC(O)c1cccc(NC(=O)c2nn(Cc3ccc(F)cc3)c3c2CN(C(=O)c2cccn2C)CC3(C)C)c1. The van der Waals surface area contributed by atoms with Crippen LogP contribution < -0.4 is 5.32 Å². The zero-order valence-electron chi connectivity index (χ0n) is 22.5. The van der Waals surface area contributed by atoms with Gasteiger partial charge in [0.05, 0.1) is 24.9 Å². The predicted octanol–water partition coefficient (Wildman–Crippen LogP) is 4.65. The van der Waals surface area contributed by atoms with Crippen molar-refractivity contribution in [3.05, 3.63) is 106 Å². The molecule has 2 aromatic heterocycles. The highest BCUT2D eigenvalue weighted by molar-refractivity contribution is 6.04. The van der Waals surface area contributed by atoms with E-state index in [0.29, 0.717) is 35.6 Å². The molecule has 5 rings (SSSR count). The number of nitrogens with one attached hydrogen (secondary N) is 1. The van der Waals surface area contributed by atoms with Gasteiger partial charge in [-0.15, -0.1) is 0 Å². The molecule has 2 aromatic carbocycles. The zero-order valence-corrected chi connectivity index (χ0v) is 22.5. The van der Waals surface area contributed by atoms with Crippen LogP contribution in [0.15, 0.2) is 66.9 Å². The van der Waals surface area contributed by atoms with Crippen LogP contribution in [0.2, 0.25) is 0 Å². The van der Waals surface area contributed by atoms with Crippen LogP contribution in [0.5, 0.6) is 0 Å². The number of aliphatic hydroxyl groups excluding tert-OH is 1. The van der Waals surface area contributed by atoms with E-state index >= 15 is 0 Å². The second kappa shape index (κ2) is 10.1. The Morgan fingerprint density at radius 2 is 1.87 bits per heavy atom. The Morgan fingerprint density at radius 1 is 1.13 bits per heavy atom. The minimum Gasteiger partial charge on any atom is -0.389 e. The van der Waals surface area contributed by atoms with Gasteiger partial charge in [-0.2, -0.15) is 5.10 Å². The lowest BCUT2D eigenvalue weighted by molar-refractivity contribution is 0.0670. The first-order chi connectivity index (χ1) is 18.5. The molecule has 1 atom stereocenters. The van der Waals surface area contributed by atoms with E-state index in [9.17, 15) is 19.1 Å². The van der Waals surface area contributed by atoms with Crippen molar-refractivity contribution in [1.82, 2.24) is 19.2 Å². The molecule has 0 saturated heterocycles. The Hall–Kier alpha value is -4.24. The highest BCUT2D eigenvalue weighted by Gasteiger charge is 2.41. The van der Waals surface area contributed by atoms with Crippen molar-refractivity contribution in [2.45, 2.75) is 45.4 Å². The number of aromatic nitrogens is 3. The number of halogens is 1. The summed E-state index contributed by atoms with van der Waals surface area (Å²) in [5, 5.41) is 17.6. The topological polar surface area (TPSA) is 92.4 Å². The van der Waals surface area contributed by atoms with E-state index < -0.39 is 17.4 Å². The summed E-state index contributed by atoms with van der Waals surface area (Å²) in [6.45, 7) is 6.75. The summed E-state index contributed by atoms with van der Waals surface area (Å²) in [7, 11) is 1.83. The summed E-state index contributed by atoms with van der Waals surface area (Å²) in [5.74, 6) is -0.852. The van der Waals surface area contributed by atoms with Gasteiger partial charge in [0.15, 0.2) is 5.69 Å². The lowest BCUT2D eigenvalue weighted by Crippen LogP contribution is -2.46. The second-order valence-electron chi connectivity index (χ2n) is 10.8. The zero-order chi connectivity index (χ0) is 27.9. The third kappa shape index (κ3) is 5.22. The van der Waals surface area contributed by atoms with E-state index in [1.165, 1.54) is 12.1 Å². The highest BCUT2D eigenvalue weighted by Crippen LogP contribution is 2.36. The number of anilines is 1. The molecule has 2 amide bonds. The number of hydrogen-bond acceptors (Lipinski definition) is 4. The Morgan fingerprint density at radius 3 is 2.54 bits per heavy atom. The fraction of sp³-hybridized carbons (Fsp3) is 0.300. The Labute approximate surface area is 226 Å². The molecule has 2 N–H and O–H groups in total. The molecular weight excluding hydrogens is 497 g/mol. The van der Waals surface area contributed by atoms with Gasteiger partial charge < -0.3 is 19.9 Å². The fourth-order valence-corrected chi connectivity index (χ4v) is 5.32. The molecule has 0 saturated carbocycles. The lowest BCUT2D eigenvalue weighted by Gasteiger charge is -2.39.